The van der Waals surface area contributed by atoms with Gasteiger partial charge in [0.05, 0.1) is 0 Å². The molecule has 0 N–H and O–H groups in total. The largest absolute Gasteiger partial charge is 0.0882 e. The molecule has 0 saturated heterocycles. The van der Waals surface area contributed by atoms with Gasteiger partial charge in [0.15, 0.2) is 0 Å². The number of rotatable bonds is 5. The molecule has 0 aromatic heterocycles. The molecule has 13 heavy (non-hydrogen) atoms. The van der Waals surface area contributed by atoms with E-state index >= 15 is 0 Å². The lowest BCUT2D eigenvalue weighted by Crippen LogP contribution is -2.10. The van der Waals surface area contributed by atoms with Gasteiger partial charge in [-0.3, -0.25) is 0 Å². The summed E-state index contributed by atoms with van der Waals surface area (Å²) >= 11 is 0. The third-order valence-corrected chi connectivity index (χ3v) is 2.33. The van der Waals surface area contributed by atoms with Gasteiger partial charge in [0.1, 0.15) is 0 Å². The van der Waals surface area contributed by atoms with Gasteiger partial charge in [0.2, 0.25) is 0 Å². The maximum atomic E-state index is 4.27. The topological polar surface area (TPSA) is 0 Å². The molecule has 1 unspecified atom stereocenters. The van der Waals surface area contributed by atoms with E-state index in [-0.39, 0.29) is 5.41 Å². The van der Waals surface area contributed by atoms with E-state index in [1.165, 1.54) is 5.57 Å². The normalized spacial score (nSPS) is 15.8. The minimum Gasteiger partial charge on any atom is -0.0882 e. The van der Waals surface area contributed by atoms with E-state index in [0.717, 1.165) is 19.3 Å². The molecule has 1 atom stereocenters. The zero-order valence-corrected chi connectivity index (χ0v) is 9.56. The summed E-state index contributed by atoms with van der Waals surface area (Å²) in [4.78, 5) is 0. The third-order valence-electron chi connectivity index (χ3n) is 2.33. The van der Waals surface area contributed by atoms with Gasteiger partial charge < -0.3 is 0 Å². The first-order valence-corrected chi connectivity index (χ1v) is 5.20. The molecule has 0 aromatic carbocycles. The second-order valence-electron chi connectivity index (χ2n) is 4.01. The lowest BCUT2D eigenvalue weighted by molar-refractivity contribution is 0.473. The molecular formula is C13H23. The van der Waals surface area contributed by atoms with Crippen LogP contribution in [-0.2, 0) is 0 Å². The van der Waals surface area contributed by atoms with Gasteiger partial charge in [-0.2, -0.15) is 0 Å². The fourth-order valence-corrected chi connectivity index (χ4v) is 1.11. The second kappa shape index (κ2) is 6.01. The number of hydrogen-bond acceptors (Lipinski definition) is 0. The molecule has 0 aliphatic heterocycles. The molecule has 0 nitrogen and oxygen atoms in total. The van der Waals surface area contributed by atoms with Gasteiger partial charge in [0, 0.05) is 0 Å². The molecule has 0 amide bonds. The van der Waals surface area contributed by atoms with Gasteiger partial charge in [-0.1, -0.05) is 37.6 Å². The molecule has 0 heterocycles. The maximum Gasteiger partial charge on any atom is -0.00860 e. The van der Waals surface area contributed by atoms with E-state index in [2.05, 4.69) is 52.8 Å². The van der Waals surface area contributed by atoms with Crippen LogP contribution in [0.5, 0.6) is 0 Å². The average Bonchev–Trinajstić information content (AvgIpc) is 2.11. The van der Waals surface area contributed by atoms with Crippen LogP contribution in [0.4, 0.5) is 0 Å². The van der Waals surface area contributed by atoms with E-state index in [0.29, 0.717) is 0 Å². The van der Waals surface area contributed by atoms with Crippen LogP contribution in [0.1, 0.15) is 47.0 Å². The van der Waals surface area contributed by atoms with Gasteiger partial charge >= 0.3 is 0 Å². The molecule has 0 aliphatic carbocycles. The molecule has 0 aromatic rings. The van der Waals surface area contributed by atoms with Crippen LogP contribution >= 0.6 is 0 Å². The van der Waals surface area contributed by atoms with E-state index < -0.39 is 0 Å². The quantitative estimate of drug-likeness (QED) is 0.543. The van der Waals surface area contributed by atoms with E-state index in [1.807, 2.05) is 0 Å². The van der Waals surface area contributed by atoms with Crippen LogP contribution in [0, 0.1) is 12.3 Å². The van der Waals surface area contributed by atoms with Gasteiger partial charge in [0.25, 0.3) is 0 Å². The smallest absolute Gasteiger partial charge is 0.00860 e. The Labute approximate surface area is 83.7 Å². The molecule has 0 bridgehead atoms. The third kappa shape index (κ3) is 5.68. The Balaban J connectivity index is 4.28. The molecule has 0 aliphatic rings. The standard InChI is InChI=1S/C13H23/c1-6-8-10-13(5,7-2)11-9-12(3)4/h8-10H,5-7,11H2,1-4H3. The van der Waals surface area contributed by atoms with Crippen LogP contribution in [0.3, 0.4) is 0 Å². The summed E-state index contributed by atoms with van der Waals surface area (Å²) in [5, 5.41) is 0. The second-order valence-corrected chi connectivity index (χ2v) is 4.01. The first kappa shape index (κ1) is 12.5. The number of hydrogen-bond donors (Lipinski definition) is 0. The monoisotopic (exact) mass is 179 g/mol. The summed E-state index contributed by atoms with van der Waals surface area (Å²) in [6.45, 7) is 12.9. The van der Waals surface area contributed by atoms with Crippen LogP contribution in [0.15, 0.2) is 23.8 Å². The van der Waals surface area contributed by atoms with Crippen molar-refractivity contribution in [1.82, 2.24) is 0 Å². The summed E-state index contributed by atoms with van der Waals surface area (Å²) in [5.41, 5.74) is 1.50. The zero-order chi connectivity index (χ0) is 10.3. The summed E-state index contributed by atoms with van der Waals surface area (Å²) < 4.78 is 0. The summed E-state index contributed by atoms with van der Waals surface area (Å²) in [6, 6.07) is 0. The van der Waals surface area contributed by atoms with Gasteiger partial charge in [-0.25, -0.2) is 0 Å². The highest BCUT2D eigenvalue weighted by Crippen LogP contribution is 2.28. The molecular weight excluding hydrogens is 156 g/mol. The van der Waals surface area contributed by atoms with Crippen molar-refractivity contribution in [1.29, 1.82) is 0 Å². The summed E-state index contributed by atoms with van der Waals surface area (Å²) in [5.74, 6) is 0. The predicted octanol–water partition coefficient (Wildman–Crippen LogP) is 4.54. The van der Waals surface area contributed by atoms with E-state index in [1.54, 1.807) is 0 Å². The average molecular weight is 179 g/mol. The van der Waals surface area contributed by atoms with Crippen molar-refractivity contribution in [3.8, 4) is 0 Å². The minimum atomic E-state index is 0.118. The van der Waals surface area contributed by atoms with Crippen molar-refractivity contribution in [2.24, 2.45) is 5.41 Å². The Morgan fingerprint density at radius 3 is 2.31 bits per heavy atom. The van der Waals surface area contributed by atoms with Gasteiger partial charge in [-0.15, -0.1) is 0 Å². The summed E-state index contributed by atoms with van der Waals surface area (Å²) in [7, 11) is 0. The molecule has 0 saturated carbocycles. The SMILES string of the molecule is [CH2]C(C=CCC)(CC)CC=C(C)C. The Morgan fingerprint density at radius 2 is 1.92 bits per heavy atom. The van der Waals surface area contributed by atoms with E-state index in [4.69, 9.17) is 0 Å². The van der Waals surface area contributed by atoms with Crippen molar-refractivity contribution in [3.05, 3.63) is 30.7 Å². The Kier molecular flexibility index (Phi) is 5.77. The van der Waals surface area contributed by atoms with E-state index in [9.17, 15) is 0 Å². The lowest BCUT2D eigenvalue weighted by atomic mass is 9.83. The van der Waals surface area contributed by atoms with Crippen molar-refractivity contribution < 1.29 is 0 Å². The summed E-state index contributed by atoms with van der Waals surface area (Å²) in [6.07, 6.45) is 10.0. The Hall–Kier alpha value is -0.520. The van der Waals surface area contributed by atoms with Crippen molar-refractivity contribution in [2.75, 3.05) is 0 Å². The fourth-order valence-electron chi connectivity index (χ4n) is 1.11. The molecule has 0 rings (SSSR count). The first-order valence-electron chi connectivity index (χ1n) is 5.20. The zero-order valence-electron chi connectivity index (χ0n) is 9.56. The van der Waals surface area contributed by atoms with Crippen LogP contribution in [-0.4, -0.2) is 0 Å². The molecule has 0 heteroatoms. The predicted molar refractivity (Wildman–Crippen MR) is 61.6 cm³/mol. The first-order chi connectivity index (χ1) is 6.04. The van der Waals surface area contributed by atoms with Crippen molar-refractivity contribution in [2.45, 2.75) is 47.0 Å². The van der Waals surface area contributed by atoms with Crippen molar-refractivity contribution >= 4 is 0 Å². The molecule has 1 radical (unpaired) electrons. The lowest BCUT2D eigenvalue weighted by Gasteiger charge is -2.22. The molecule has 0 fully saturated rings. The maximum absolute atomic E-state index is 4.27. The fraction of sp³-hybridized carbons (Fsp3) is 0.615. The van der Waals surface area contributed by atoms with Crippen LogP contribution < -0.4 is 0 Å². The highest BCUT2D eigenvalue weighted by atomic mass is 14.2. The van der Waals surface area contributed by atoms with Crippen molar-refractivity contribution in [3.63, 3.8) is 0 Å². The number of allylic oxidation sites excluding steroid dienone is 4. The Bertz CT molecular complexity index is 182. The molecule has 75 valence electrons. The molecule has 0 spiro atoms. The van der Waals surface area contributed by atoms with Crippen LogP contribution in [0.2, 0.25) is 0 Å². The van der Waals surface area contributed by atoms with Crippen LogP contribution in [0.25, 0.3) is 0 Å². The highest BCUT2D eigenvalue weighted by molar-refractivity contribution is 5.07. The van der Waals surface area contributed by atoms with Gasteiger partial charge in [-0.05, 0) is 45.4 Å². The minimum absolute atomic E-state index is 0.118. The Morgan fingerprint density at radius 1 is 1.31 bits per heavy atom. The highest BCUT2D eigenvalue weighted by Gasteiger charge is 2.15.